The van der Waals surface area contributed by atoms with E-state index < -0.39 is 0 Å². The van der Waals surface area contributed by atoms with E-state index in [0.717, 1.165) is 11.1 Å². The second-order valence-corrected chi connectivity index (χ2v) is 7.01. The van der Waals surface area contributed by atoms with E-state index in [1.165, 1.54) is 4.90 Å². The van der Waals surface area contributed by atoms with Gasteiger partial charge in [-0.05, 0) is 37.1 Å². The summed E-state index contributed by atoms with van der Waals surface area (Å²) in [6, 6.07) is 12.8. The van der Waals surface area contributed by atoms with Gasteiger partial charge in [0.2, 0.25) is 11.8 Å². The van der Waals surface area contributed by atoms with Gasteiger partial charge in [-0.3, -0.25) is 14.5 Å². The molecule has 0 aromatic heterocycles. The number of carbonyl (C=O) groups is 2. The molecule has 0 radical (unpaired) electrons. The second-order valence-electron chi connectivity index (χ2n) is 6.20. The van der Waals surface area contributed by atoms with Crippen LogP contribution in [0.15, 0.2) is 42.5 Å². The Morgan fingerprint density at radius 3 is 2.25 bits per heavy atom. The highest BCUT2D eigenvalue weighted by atomic mass is 35.5. The van der Waals surface area contributed by atoms with Crippen molar-refractivity contribution in [3.8, 4) is 0 Å². The van der Waals surface area contributed by atoms with E-state index in [9.17, 15) is 9.59 Å². The summed E-state index contributed by atoms with van der Waals surface area (Å²) in [5, 5.41) is 0.716. The molecule has 1 saturated heterocycles. The Labute approximate surface area is 151 Å². The van der Waals surface area contributed by atoms with Gasteiger partial charge in [0.05, 0.1) is 21.7 Å². The molecule has 3 nitrogen and oxygen atoms in total. The van der Waals surface area contributed by atoms with Gasteiger partial charge in [0, 0.05) is 5.92 Å². The van der Waals surface area contributed by atoms with E-state index in [1.54, 1.807) is 25.1 Å². The van der Waals surface area contributed by atoms with Crippen molar-refractivity contribution in [3.05, 3.63) is 63.6 Å². The molecule has 1 aliphatic rings. The van der Waals surface area contributed by atoms with Crippen molar-refractivity contribution in [2.24, 2.45) is 11.8 Å². The molecule has 1 aliphatic heterocycles. The molecule has 5 heteroatoms. The Morgan fingerprint density at radius 1 is 0.958 bits per heavy atom. The fourth-order valence-corrected chi connectivity index (χ4v) is 3.28. The van der Waals surface area contributed by atoms with E-state index in [-0.39, 0.29) is 23.7 Å². The molecule has 3 rings (SSSR count). The van der Waals surface area contributed by atoms with Gasteiger partial charge < -0.3 is 0 Å². The molecule has 0 spiro atoms. The van der Waals surface area contributed by atoms with Crippen molar-refractivity contribution >= 4 is 40.7 Å². The molecular weight excluding hydrogens is 345 g/mol. The summed E-state index contributed by atoms with van der Waals surface area (Å²) >= 11 is 11.9. The largest absolute Gasteiger partial charge is 0.274 e. The van der Waals surface area contributed by atoms with Crippen molar-refractivity contribution in [2.45, 2.75) is 20.3 Å². The van der Waals surface area contributed by atoms with Gasteiger partial charge in [0.25, 0.3) is 0 Å². The molecule has 124 valence electrons. The van der Waals surface area contributed by atoms with Crippen molar-refractivity contribution in [2.75, 3.05) is 4.90 Å². The van der Waals surface area contributed by atoms with Gasteiger partial charge in [-0.15, -0.1) is 0 Å². The minimum Gasteiger partial charge on any atom is -0.274 e. The lowest BCUT2D eigenvalue weighted by molar-refractivity contribution is -0.122. The van der Waals surface area contributed by atoms with E-state index in [0.29, 0.717) is 22.2 Å². The lowest BCUT2D eigenvalue weighted by Gasteiger charge is -2.15. The van der Waals surface area contributed by atoms with Gasteiger partial charge in [-0.1, -0.05) is 60.0 Å². The first-order valence-corrected chi connectivity index (χ1v) is 8.52. The number of aryl methyl sites for hydroxylation is 1. The van der Waals surface area contributed by atoms with Crippen LogP contribution in [0.2, 0.25) is 10.0 Å². The van der Waals surface area contributed by atoms with Crippen LogP contribution in [0.3, 0.4) is 0 Å². The second kappa shape index (κ2) is 6.58. The Balaban J connectivity index is 1.88. The SMILES string of the molecule is Cc1ccc(C[C@@H]2C(=O)N(c3ccc(Cl)c(Cl)c3)C(=O)[C@H]2C)cc1. The predicted octanol–water partition coefficient (Wildman–Crippen LogP) is 4.67. The maximum atomic E-state index is 12.8. The molecule has 1 fully saturated rings. The number of carbonyl (C=O) groups excluding carboxylic acids is 2. The molecule has 0 aliphatic carbocycles. The number of hydrogen-bond acceptors (Lipinski definition) is 2. The molecule has 2 atom stereocenters. The Morgan fingerprint density at radius 2 is 1.62 bits per heavy atom. The third-order valence-corrected chi connectivity index (χ3v) is 5.23. The highest BCUT2D eigenvalue weighted by Gasteiger charge is 2.45. The smallest absolute Gasteiger partial charge is 0.238 e. The van der Waals surface area contributed by atoms with Crippen LogP contribution in [0.5, 0.6) is 0 Å². The van der Waals surface area contributed by atoms with E-state index in [2.05, 4.69) is 0 Å². The third kappa shape index (κ3) is 3.06. The number of benzene rings is 2. The number of imide groups is 1. The number of anilines is 1. The summed E-state index contributed by atoms with van der Waals surface area (Å²) in [5.74, 6) is -1.12. The maximum absolute atomic E-state index is 12.8. The molecule has 2 amide bonds. The highest BCUT2D eigenvalue weighted by molar-refractivity contribution is 6.42. The van der Waals surface area contributed by atoms with Crippen LogP contribution in [-0.4, -0.2) is 11.8 Å². The molecule has 2 aromatic rings. The molecule has 1 heterocycles. The van der Waals surface area contributed by atoms with Crippen molar-refractivity contribution in [1.29, 1.82) is 0 Å². The van der Waals surface area contributed by atoms with Gasteiger partial charge >= 0.3 is 0 Å². The maximum Gasteiger partial charge on any atom is 0.238 e. The zero-order valence-corrected chi connectivity index (χ0v) is 14.9. The fraction of sp³-hybridized carbons (Fsp3) is 0.263. The van der Waals surface area contributed by atoms with Crippen LogP contribution < -0.4 is 4.90 Å². The molecule has 0 unspecified atom stereocenters. The fourth-order valence-electron chi connectivity index (χ4n) is 2.98. The number of hydrogen-bond donors (Lipinski definition) is 0. The molecule has 24 heavy (non-hydrogen) atoms. The summed E-state index contributed by atoms with van der Waals surface area (Å²) in [6.07, 6.45) is 0.545. The molecule has 0 bridgehead atoms. The number of nitrogens with zero attached hydrogens (tertiary/aromatic N) is 1. The number of rotatable bonds is 3. The van der Waals surface area contributed by atoms with Gasteiger partial charge in [0.15, 0.2) is 0 Å². The Kier molecular flexibility index (Phi) is 4.66. The molecule has 0 saturated carbocycles. The summed E-state index contributed by atoms with van der Waals surface area (Å²) in [6.45, 7) is 3.82. The number of amides is 2. The van der Waals surface area contributed by atoms with Crippen LogP contribution in [0.4, 0.5) is 5.69 Å². The van der Waals surface area contributed by atoms with E-state index in [4.69, 9.17) is 23.2 Å². The minimum absolute atomic E-state index is 0.188. The lowest BCUT2D eigenvalue weighted by Crippen LogP contribution is -2.31. The summed E-state index contributed by atoms with van der Waals surface area (Å²) in [4.78, 5) is 26.6. The quantitative estimate of drug-likeness (QED) is 0.744. The zero-order chi connectivity index (χ0) is 17.4. The zero-order valence-electron chi connectivity index (χ0n) is 13.4. The molecule has 0 N–H and O–H groups in total. The minimum atomic E-state index is -0.367. The van der Waals surface area contributed by atoms with Gasteiger partial charge in [-0.2, -0.15) is 0 Å². The normalized spacial score (nSPS) is 20.8. The van der Waals surface area contributed by atoms with Crippen LogP contribution in [0.25, 0.3) is 0 Å². The van der Waals surface area contributed by atoms with Crippen molar-refractivity contribution in [3.63, 3.8) is 0 Å². The average molecular weight is 362 g/mol. The number of halogens is 2. The summed E-state index contributed by atoms with van der Waals surface area (Å²) in [5.41, 5.74) is 2.69. The first kappa shape index (κ1) is 17.0. The van der Waals surface area contributed by atoms with Crippen molar-refractivity contribution < 1.29 is 9.59 Å². The van der Waals surface area contributed by atoms with Crippen LogP contribution in [-0.2, 0) is 16.0 Å². The van der Waals surface area contributed by atoms with E-state index in [1.807, 2.05) is 31.2 Å². The van der Waals surface area contributed by atoms with Gasteiger partial charge in [0.1, 0.15) is 0 Å². The summed E-state index contributed by atoms with van der Waals surface area (Å²) < 4.78 is 0. The van der Waals surface area contributed by atoms with Crippen LogP contribution >= 0.6 is 23.2 Å². The Bertz CT molecular complexity index is 802. The average Bonchev–Trinajstić information content (AvgIpc) is 2.76. The monoisotopic (exact) mass is 361 g/mol. The van der Waals surface area contributed by atoms with Crippen LogP contribution in [0.1, 0.15) is 18.1 Å². The van der Waals surface area contributed by atoms with Crippen molar-refractivity contribution in [1.82, 2.24) is 0 Å². The lowest BCUT2D eigenvalue weighted by atomic mass is 9.90. The standard InChI is InChI=1S/C19H17Cl2NO2/c1-11-3-5-13(6-4-11)9-15-12(2)18(23)22(19(15)24)14-7-8-16(20)17(21)10-14/h3-8,10,12,15H,9H2,1-2H3/t12-,15-/m0/s1. The highest BCUT2D eigenvalue weighted by Crippen LogP contribution is 2.35. The third-order valence-electron chi connectivity index (χ3n) is 4.49. The topological polar surface area (TPSA) is 37.4 Å². The molecular formula is C19H17Cl2NO2. The predicted molar refractivity (Wildman–Crippen MR) is 96.5 cm³/mol. The van der Waals surface area contributed by atoms with Gasteiger partial charge in [-0.25, -0.2) is 0 Å². The van der Waals surface area contributed by atoms with E-state index >= 15 is 0 Å². The first-order valence-electron chi connectivity index (χ1n) is 7.77. The summed E-state index contributed by atoms with van der Waals surface area (Å²) in [7, 11) is 0. The first-order chi connectivity index (χ1) is 11.4. The Hall–Kier alpha value is -1.84. The molecule has 2 aromatic carbocycles. The van der Waals surface area contributed by atoms with Crippen LogP contribution in [0, 0.1) is 18.8 Å².